The smallest absolute Gasteiger partial charge is 0.233 e. The predicted molar refractivity (Wildman–Crippen MR) is 52.6 cm³/mol. The normalized spacial score (nSPS) is 10.0. The molecule has 1 radical (unpaired) electrons. The molecule has 2 aromatic rings. The molecule has 0 aliphatic rings. The van der Waals surface area contributed by atoms with Gasteiger partial charge in [-0.25, -0.2) is 4.98 Å². The van der Waals surface area contributed by atoms with Crippen LogP contribution in [0.4, 0.5) is 0 Å². The molecule has 0 aliphatic heterocycles. The summed E-state index contributed by atoms with van der Waals surface area (Å²) in [6.45, 7) is 0. The molecule has 1 aromatic carbocycles. The molecule has 0 saturated heterocycles. The Bertz CT molecular complexity index is 421. The number of imidazole rings is 1. The number of hydrogen-bond donors (Lipinski definition) is 1. The van der Waals surface area contributed by atoms with Gasteiger partial charge in [0, 0.05) is 24.4 Å². The summed E-state index contributed by atoms with van der Waals surface area (Å²) in [5.41, 5.74) is 1.54. The maximum Gasteiger partial charge on any atom is 0.233 e. The second-order valence-electron chi connectivity index (χ2n) is 2.97. The molecule has 14 heavy (non-hydrogen) atoms. The van der Waals surface area contributed by atoms with Crippen LogP contribution >= 0.6 is 0 Å². The van der Waals surface area contributed by atoms with Crippen LogP contribution in [0.2, 0.25) is 0 Å². The first-order valence-electron chi connectivity index (χ1n) is 4.34. The molecule has 0 fully saturated rings. The zero-order valence-electron chi connectivity index (χ0n) is 7.53. The third-order valence-corrected chi connectivity index (χ3v) is 2.04. The van der Waals surface area contributed by atoms with Crippen LogP contribution in [-0.2, 0) is 11.2 Å². The standard InChI is InChI=1S/C11H9N2O/c14-8-10-4-2-1-3-9(10)7-11-12-5-6-13-11/h1-6H,7H2,(H,12,13). The lowest BCUT2D eigenvalue weighted by Gasteiger charge is -2.00. The highest BCUT2D eigenvalue weighted by molar-refractivity contribution is 5.77. The van der Waals surface area contributed by atoms with E-state index in [9.17, 15) is 4.79 Å². The average molecular weight is 185 g/mol. The minimum absolute atomic E-state index is 0.601. The van der Waals surface area contributed by atoms with E-state index in [0.717, 1.165) is 11.4 Å². The number of nitrogens with zero attached hydrogens (tertiary/aromatic N) is 1. The number of rotatable bonds is 3. The Hall–Kier alpha value is -1.90. The van der Waals surface area contributed by atoms with Crippen LogP contribution in [0.5, 0.6) is 0 Å². The van der Waals surface area contributed by atoms with E-state index >= 15 is 0 Å². The van der Waals surface area contributed by atoms with Crippen molar-refractivity contribution in [2.24, 2.45) is 0 Å². The summed E-state index contributed by atoms with van der Waals surface area (Å²) >= 11 is 0. The number of H-pyrrole nitrogens is 1. The van der Waals surface area contributed by atoms with E-state index in [1.165, 1.54) is 0 Å². The van der Waals surface area contributed by atoms with Gasteiger partial charge in [0.2, 0.25) is 6.29 Å². The summed E-state index contributed by atoms with van der Waals surface area (Å²) in [4.78, 5) is 17.7. The first kappa shape index (κ1) is 8.69. The Labute approximate surface area is 81.8 Å². The van der Waals surface area contributed by atoms with Crippen molar-refractivity contribution in [2.75, 3.05) is 0 Å². The van der Waals surface area contributed by atoms with Crippen LogP contribution in [-0.4, -0.2) is 16.3 Å². The predicted octanol–water partition coefficient (Wildman–Crippen LogP) is 1.46. The summed E-state index contributed by atoms with van der Waals surface area (Å²) < 4.78 is 0. The lowest BCUT2D eigenvalue weighted by atomic mass is 10.1. The van der Waals surface area contributed by atoms with Crippen LogP contribution in [0.15, 0.2) is 36.7 Å². The van der Waals surface area contributed by atoms with Gasteiger partial charge in [0.05, 0.1) is 0 Å². The molecule has 0 saturated carbocycles. The lowest BCUT2D eigenvalue weighted by Crippen LogP contribution is -1.95. The SMILES string of the molecule is O=[C]c1ccccc1Cc1ncc[nH]1. The topological polar surface area (TPSA) is 45.8 Å². The average Bonchev–Trinajstić information content (AvgIpc) is 2.71. The fraction of sp³-hybridized carbons (Fsp3) is 0.0909. The van der Waals surface area contributed by atoms with E-state index in [2.05, 4.69) is 9.97 Å². The fourth-order valence-electron chi connectivity index (χ4n) is 1.35. The highest BCUT2D eigenvalue weighted by Gasteiger charge is 2.03. The van der Waals surface area contributed by atoms with Gasteiger partial charge in [0.15, 0.2) is 0 Å². The zero-order valence-corrected chi connectivity index (χ0v) is 7.53. The van der Waals surface area contributed by atoms with Crippen molar-refractivity contribution in [3.8, 4) is 0 Å². The Morgan fingerprint density at radius 3 is 2.93 bits per heavy atom. The number of aromatic nitrogens is 2. The molecule has 1 heterocycles. The summed E-state index contributed by atoms with van der Waals surface area (Å²) in [5.74, 6) is 0.854. The lowest BCUT2D eigenvalue weighted by molar-refractivity contribution is 0.562. The van der Waals surface area contributed by atoms with Gasteiger partial charge in [-0.2, -0.15) is 0 Å². The van der Waals surface area contributed by atoms with E-state index in [1.54, 1.807) is 18.5 Å². The van der Waals surface area contributed by atoms with E-state index in [0.29, 0.717) is 12.0 Å². The fourth-order valence-corrected chi connectivity index (χ4v) is 1.35. The van der Waals surface area contributed by atoms with Crippen LogP contribution < -0.4 is 0 Å². The van der Waals surface area contributed by atoms with Crippen LogP contribution in [0.3, 0.4) is 0 Å². The van der Waals surface area contributed by atoms with E-state index in [4.69, 9.17) is 0 Å². The summed E-state index contributed by atoms with van der Waals surface area (Å²) in [7, 11) is 0. The summed E-state index contributed by atoms with van der Waals surface area (Å²) in [6, 6.07) is 7.39. The van der Waals surface area contributed by atoms with Gasteiger partial charge in [-0.1, -0.05) is 24.3 Å². The van der Waals surface area contributed by atoms with Gasteiger partial charge in [-0.3, -0.25) is 4.79 Å². The Morgan fingerprint density at radius 1 is 1.36 bits per heavy atom. The molecule has 0 unspecified atom stereocenters. The minimum Gasteiger partial charge on any atom is -0.348 e. The van der Waals surface area contributed by atoms with Crippen molar-refractivity contribution in [1.82, 2.24) is 9.97 Å². The van der Waals surface area contributed by atoms with Gasteiger partial charge in [-0.05, 0) is 5.56 Å². The molecular formula is C11H9N2O. The number of aromatic amines is 1. The van der Waals surface area contributed by atoms with Crippen LogP contribution in [0, 0.1) is 0 Å². The molecule has 0 bridgehead atoms. The van der Waals surface area contributed by atoms with Crippen molar-refractivity contribution in [2.45, 2.75) is 6.42 Å². The quantitative estimate of drug-likeness (QED) is 0.786. The number of carbonyl (C=O) groups excluding carboxylic acids is 1. The van der Waals surface area contributed by atoms with Crippen LogP contribution in [0.1, 0.15) is 17.0 Å². The molecule has 69 valence electrons. The van der Waals surface area contributed by atoms with Gasteiger partial charge < -0.3 is 4.98 Å². The summed E-state index contributed by atoms with van der Waals surface area (Å²) in [6.07, 6.45) is 6.02. The minimum atomic E-state index is 0.601. The molecular weight excluding hydrogens is 176 g/mol. The zero-order chi connectivity index (χ0) is 9.80. The van der Waals surface area contributed by atoms with Gasteiger partial charge in [-0.15, -0.1) is 0 Å². The summed E-state index contributed by atoms with van der Waals surface area (Å²) in [5, 5.41) is 0. The Kier molecular flexibility index (Phi) is 2.40. The largest absolute Gasteiger partial charge is 0.348 e. The van der Waals surface area contributed by atoms with Crippen LogP contribution in [0.25, 0.3) is 0 Å². The Morgan fingerprint density at radius 2 is 2.21 bits per heavy atom. The second kappa shape index (κ2) is 3.87. The molecule has 0 aliphatic carbocycles. The number of benzene rings is 1. The van der Waals surface area contributed by atoms with Crippen molar-refractivity contribution in [1.29, 1.82) is 0 Å². The third-order valence-electron chi connectivity index (χ3n) is 2.04. The number of hydrogen-bond acceptors (Lipinski definition) is 2. The molecule has 0 amide bonds. The first-order valence-corrected chi connectivity index (χ1v) is 4.34. The van der Waals surface area contributed by atoms with E-state index in [-0.39, 0.29) is 0 Å². The van der Waals surface area contributed by atoms with Gasteiger partial charge >= 0.3 is 0 Å². The monoisotopic (exact) mass is 185 g/mol. The molecule has 2 rings (SSSR count). The van der Waals surface area contributed by atoms with Crippen molar-refractivity contribution in [3.63, 3.8) is 0 Å². The Balaban J connectivity index is 2.28. The maximum atomic E-state index is 10.6. The van der Waals surface area contributed by atoms with Gasteiger partial charge in [0.1, 0.15) is 5.82 Å². The molecule has 0 atom stereocenters. The number of nitrogens with one attached hydrogen (secondary N) is 1. The molecule has 1 aromatic heterocycles. The van der Waals surface area contributed by atoms with Crippen molar-refractivity contribution in [3.05, 3.63) is 53.6 Å². The van der Waals surface area contributed by atoms with Crippen molar-refractivity contribution >= 4 is 6.29 Å². The van der Waals surface area contributed by atoms with E-state index < -0.39 is 0 Å². The molecule has 1 N–H and O–H groups in total. The van der Waals surface area contributed by atoms with Crippen molar-refractivity contribution < 1.29 is 4.79 Å². The highest BCUT2D eigenvalue weighted by atomic mass is 16.1. The second-order valence-corrected chi connectivity index (χ2v) is 2.97. The highest BCUT2D eigenvalue weighted by Crippen LogP contribution is 2.09. The molecule has 0 spiro atoms. The molecule has 3 heteroatoms. The first-order chi connectivity index (χ1) is 6.90. The maximum absolute atomic E-state index is 10.6. The van der Waals surface area contributed by atoms with Gasteiger partial charge in [0.25, 0.3) is 0 Å². The van der Waals surface area contributed by atoms with E-state index in [1.807, 2.05) is 24.5 Å². The third kappa shape index (κ3) is 1.71. The molecule has 3 nitrogen and oxygen atoms in total.